The summed E-state index contributed by atoms with van der Waals surface area (Å²) in [6, 6.07) is 5.77. The summed E-state index contributed by atoms with van der Waals surface area (Å²) in [7, 11) is 1.45. The topological polar surface area (TPSA) is 108 Å². The lowest BCUT2D eigenvalue weighted by Gasteiger charge is -2.31. The van der Waals surface area contributed by atoms with Crippen molar-refractivity contribution in [3.05, 3.63) is 59.1 Å². The molecule has 1 unspecified atom stereocenters. The van der Waals surface area contributed by atoms with Gasteiger partial charge in [0.2, 0.25) is 5.91 Å². The lowest BCUT2D eigenvalue weighted by molar-refractivity contribution is -0.135. The lowest BCUT2D eigenvalue weighted by atomic mass is 9.85. The maximum absolute atomic E-state index is 13.8. The standard InChI is InChI=1S/C27H31FN4O5/c1-16(18-6-7-18)32(12-17-4-3-5-19(28)10-17)24(34)13-31-14-27(37-15-31)21-8-9-22(30-26(36)29-2)25(35)20(21)11-23(27)33/h3-5,8-10,16,18,20H,6-7,11-15H2,1-2H3,(H2,29,30,36)/t16-,20?,27-/m0/s1. The van der Waals surface area contributed by atoms with Crippen LogP contribution in [0.25, 0.3) is 0 Å². The highest BCUT2D eigenvalue weighted by Crippen LogP contribution is 2.46. The zero-order chi connectivity index (χ0) is 26.3. The van der Waals surface area contributed by atoms with Crippen molar-refractivity contribution in [2.45, 2.75) is 44.4 Å². The second-order valence-corrected chi connectivity index (χ2v) is 10.3. The molecule has 3 fully saturated rings. The van der Waals surface area contributed by atoms with Crippen LogP contribution < -0.4 is 10.6 Å². The molecule has 0 bridgehead atoms. The summed E-state index contributed by atoms with van der Waals surface area (Å²) < 4.78 is 19.8. The van der Waals surface area contributed by atoms with Crippen LogP contribution in [-0.4, -0.2) is 71.8 Å². The van der Waals surface area contributed by atoms with Crippen LogP contribution in [-0.2, 0) is 25.7 Å². The van der Waals surface area contributed by atoms with E-state index in [1.807, 2.05) is 13.0 Å². The summed E-state index contributed by atoms with van der Waals surface area (Å²) in [5.74, 6) is -1.25. The SMILES string of the molecule is CNC(=O)NC1=CC=C2C(CC(=O)[C@]23CN(CC(=O)N(Cc2cccc(F)c2)[C@@H](C)C2CC2)CO3)C1=O. The van der Waals surface area contributed by atoms with E-state index >= 15 is 0 Å². The molecule has 3 atom stereocenters. The fourth-order valence-electron chi connectivity index (χ4n) is 5.58. The number of rotatable bonds is 7. The number of fused-ring (bicyclic) bond motifs is 2. The molecule has 0 radical (unpaired) electrons. The fourth-order valence-corrected chi connectivity index (χ4v) is 5.58. The fraction of sp³-hybridized carbons (Fsp3) is 0.481. The molecule has 2 saturated carbocycles. The van der Waals surface area contributed by atoms with Crippen molar-refractivity contribution >= 4 is 23.5 Å². The number of ketones is 2. The summed E-state index contributed by atoms with van der Waals surface area (Å²) in [6.45, 7) is 2.63. The van der Waals surface area contributed by atoms with Gasteiger partial charge in [-0.1, -0.05) is 18.2 Å². The number of allylic oxidation sites excluding steroid dienone is 3. The Balaban J connectivity index is 1.31. The van der Waals surface area contributed by atoms with Gasteiger partial charge in [-0.3, -0.25) is 19.3 Å². The van der Waals surface area contributed by atoms with Gasteiger partial charge in [0.05, 0.1) is 18.2 Å². The third-order valence-electron chi connectivity index (χ3n) is 7.83. The third kappa shape index (κ3) is 4.83. The number of halogens is 1. The average Bonchev–Trinajstić information content (AvgIpc) is 3.58. The molecule has 1 aromatic carbocycles. The largest absolute Gasteiger partial charge is 0.346 e. The molecule has 1 aromatic rings. The Morgan fingerprint density at radius 3 is 2.76 bits per heavy atom. The van der Waals surface area contributed by atoms with E-state index in [1.165, 1.54) is 25.3 Å². The van der Waals surface area contributed by atoms with Crippen molar-refractivity contribution in [2.24, 2.45) is 11.8 Å². The Labute approximate surface area is 214 Å². The Kier molecular flexibility index (Phi) is 6.72. The van der Waals surface area contributed by atoms with Crippen LogP contribution in [0.5, 0.6) is 0 Å². The molecule has 10 heteroatoms. The van der Waals surface area contributed by atoms with E-state index in [9.17, 15) is 23.6 Å². The van der Waals surface area contributed by atoms with Crippen molar-refractivity contribution in [3.8, 4) is 0 Å². The molecule has 9 nitrogen and oxygen atoms in total. The van der Waals surface area contributed by atoms with E-state index in [0.717, 1.165) is 18.4 Å². The zero-order valence-electron chi connectivity index (χ0n) is 21.0. The van der Waals surface area contributed by atoms with Crippen molar-refractivity contribution < 1.29 is 28.3 Å². The predicted molar refractivity (Wildman–Crippen MR) is 131 cm³/mol. The van der Waals surface area contributed by atoms with E-state index in [2.05, 4.69) is 10.6 Å². The molecular formula is C27H31FN4O5. The summed E-state index contributed by atoms with van der Waals surface area (Å²) in [4.78, 5) is 54.8. The number of carbonyl (C=O) groups excluding carboxylic acids is 4. The molecule has 196 valence electrons. The number of hydrogen-bond donors (Lipinski definition) is 2. The quantitative estimate of drug-likeness (QED) is 0.580. The second-order valence-electron chi connectivity index (χ2n) is 10.3. The highest BCUT2D eigenvalue weighted by atomic mass is 19.1. The minimum absolute atomic E-state index is 0.0103. The molecule has 1 aliphatic heterocycles. The van der Waals surface area contributed by atoms with Gasteiger partial charge in [0.15, 0.2) is 17.2 Å². The molecule has 3 amide bonds. The molecule has 1 spiro atoms. The van der Waals surface area contributed by atoms with Gasteiger partial charge >= 0.3 is 6.03 Å². The van der Waals surface area contributed by atoms with Crippen LogP contribution in [0.2, 0.25) is 0 Å². The van der Waals surface area contributed by atoms with Gasteiger partial charge in [-0.05, 0) is 55.0 Å². The number of amides is 3. The number of nitrogens with one attached hydrogen (secondary N) is 2. The monoisotopic (exact) mass is 510 g/mol. The minimum atomic E-state index is -1.27. The van der Waals surface area contributed by atoms with Crippen LogP contribution in [0.3, 0.4) is 0 Å². The van der Waals surface area contributed by atoms with Crippen LogP contribution >= 0.6 is 0 Å². The van der Waals surface area contributed by atoms with Crippen molar-refractivity contribution in [3.63, 3.8) is 0 Å². The molecule has 0 aromatic heterocycles. The van der Waals surface area contributed by atoms with E-state index in [0.29, 0.717) is 18.0 Å². The van der Waals surface area contributed by atoms with Crippen molar-refractivity contribution in [1.82, 2.24) is 20.4 Å². The normalized spacial score (nSPS) is 26.0. The Bertz CT molecular complexity index is 1210. The number of Topliss-reactive ketones (excluding diaryl/α,β-unsaturated/α-hetero) is 2. The minimum Gasteiger partial charge on any atom is -0.346 e. The molecule has 4 aliphatic rings. The van der Waals surface area contributed by atoms with E-state index in [4.69, 9.17) is 4.74 Å². The number of carbonyl (C=O) groups is 4. The molecule has 5 rings (SSSR count). The molecule has 37 heavy (non-hydrogen) atoms. The highest BCUT2D eigenvalue weighted by molar-refractivity contribution is 6.10. The average molecular weight is 511 g/mol. The molecule has 3 aliphatic carbocycles. The van der Waals surface area contributed by atoms with Gasteiger partial charge in [-0.25, -0.2) is 9.18 Å². The second kappa shape index (κ2) is 9.83. The molecule has 2 N–H and O–H groups in total. The van der Waals surface area contributed by atoms with E-state index in [1.54, 1.807) is 21.9 Å². The summed E-state index contributed by atoms with van der Waals surface area (Å²) in [5, 5.41) is 4.90. The lowest BCUT2D eigenvalue weighted by Crippen LogP contribution is -2.46. The van der Waals surface area contributed by atoms with Crippen LogP contribution in [0.15, 0.2) is 47.7 Å². The number of ether oxygens (including phenoxy) is 1. The summed E-state index contributed by atoms with van der Waals surface area (Å²) in [5.41, 5.74) is 0.154. The first kappa shape index (κ1) is 25.3. The zero-order valence-corrected chi connectivity index (χ0v) is 21.0. The van der Waals surface area contributed by atoms with Gasteiger partial charge < -0.3 is 20.3 Å². The first-order valence-corrected chi connectivity index (χ1v) is 12.6. The first-order valence-electron chi connectivity index (χ1n) is 12.6. The summed E-state index contributed by atoms with van der Waals surface area (Å²) in [6.07, 6.45) is 5.29. The van der Waals surface area contributed by atoms with Gasteiger partial charge in [0.1, 0.15) is 12.5 Å². The van der Waals surface area contributed by atoms with Crippen LogP contribution in [0.1, 0.15) is 31.7 Å². The first-order chi connectivity index (χ1) is 17.7. The van der Waals surface area contributed by atoms with Crippen molar-refractivity contribution in [1.29, 1.82) is 0 Å². The molecule has 1 heterocycles. The number of nitrogens with zero attached hydrogens (tertiary/aromatic N) is 2. The number of hydrogen-bond acceptors (Lipinski definition) is 6. The van der Waals surface area contributed by atoms with E-state index < -0.39 is 17.6 Å². The highest BCUT2D eigenvalue weighted by Gasteiger charge is 2.58. The van der Waals surface area contributed by atoms with Crippen LogP contribution in [0, 0.1) is 17.7 Å². The van der Waals surface area contributed by atoms with E-state index in [-0.39, 0.29) is 61.3 Å². The van der Waals surface area contributed by atoms with Crippen LogP contribution in [0.4, 0.5) is 9.18 Å². The molecule has 1 saturated heterocycles. The maximum Gasteiger partial charge on any atom is 0.319 e. The molecular weight excluding hydrogens is 479 g/mol. The van der Waals surface area contributed by atoms with Gasteiger partial charge in [0.25, 0.3) is 0 Å². The van der Waals surface area contributed by atoms with Crippen molar-refractivity contribution in [2.75, 3.05) is 26.9 Å². The Morgan fingerprint density at radius 2 is 2.05 bits per heavy atom. The Morgan fingerprint density at radius 1 is 1.27 bits per heavy atom. The Hall–Kier alpha value is -3.37. The third-order valence-corrected chi connectivity index (χ3v) is 7.83. The van der Waals surface area contributed by atoms with Gasteiger partial charge in [-0.15, -0.1) is 0 Å². The maximum atomic E-state index is 13.8. The number of urea groups is 1. The van der Waals surface area contributed by atoms with Gasteiger partial charge in [-0.2, -0.15) is 0 Å². The summed E-state index contributed by atoms with van der Waals surface area (Å²) >= 11 is 0. The smallest absolute Gasteiger partial charge is 0.319 e. The number of benzene rings is 1. The predicted octanol–water partition coefficient (Wildman–Crippen LogP) is 1.89. The van der Waals surface area contributed by atoms with Gasteiger partial charge in [0, 0.05) is 32.6 Å².